The van der Waals surface area contributed by atoms with Crippen LogP contribution in [-0.4, -0.2) is 39.1 Å². The van der Waals surface area contributed by atoms with Gasteiger partial charge in [-0.25, -0.2) is 18.0 Å². The first-order chi connectivity index (χ1) is 13.3. The van der Waals surface area contributed by atoms with Crippen LogP contribution in [0.4, 0.5) is 0 Å². The Labute approximate surface area is 189 Å². The summed E-state index contributed by atoms with van der Waals surface area (Å²) in [6.07, 6.45) is 0. The molecule has 0 aliphatic heterocycles. The first-order valence-electron chi connectivity index (χ1n) is 8.06. The summed E-state index contributed by atoms with van der Waals surface area (Å²) in [5, 5.41) is 1.17. The molecule has 0 aliphatic carbocycles. The van der Waals surface area contributed by atoms with E-state index in [1.54, 1.807) is 24.3 Å². The van der Waals surface area contributed by atoms with Crippen LogP contribution in [0, 0.1) is 0 Å². The van der Waals surface area contributed by atoms with Crippen LogP contribution in [0.3, 0.4) is 0 Å². The van der Waals surface area contributed by atoms with E-state index in [4.69, 9.17) is 9.47 Å². The second-order valence-electron chi connectivity index (χ2n) is 5.90. The van der Waals surface area contributed by atoms with Gasteiger partial charge in [0.05, 0.1) is 30.2 Å². The molecule has 0 saturated heterocycles. The van der Waals surface area contributed by atoms with E-state index in [9.17, 15) is 22.6 Å². The summed E-state index contributed by atoms with van der Waals surface area (Å²) >= 11 is 0. The van der Waals surface area contributed by atoms with Crippen molar-refractivity contribution in [2.24, 2.45) is 0 Å². The van der Waals surface area contributed by atoms with Crippen LogP contribution in [0.2, 0.25) is 0 Å². The van der Waals surface area contributed by atoms with Gasteiger partial charge in [-0.2, -0.15) is 0 Å². The van der Waals surface area contributed by atoms with Crippen molar-refractivity contribution in [2.45, 2.75) is 4.90 Å². The summed E-state index contributed by atoms with van der Waals surface area (Å²) in [6, 6.07) is 13.6. The van der Waals surface area contributed by atoms with Crippen molar-refractivity contribution < 1.29 is 61.6 Å². The molecule has 144 valence electrons. The number of ether oxygens (including phenoxy) is 2. The first kappa shape index (κ1) is 23.1. The molecule has 3 aromatic carbocycles. The van der Waals surface area contributed by atoms with Gasteiger partial charge in [-0.3, -0.25) is 0 Å². The van der Waals surface area contributed by atoms with Gasteiger partial charge in [0.15, 0.2) is 0 Å². The fourth-order valence-electron chi connectivity index (χ4n) is 3.00. The maximum atomic E-state index is 12.1. The average molecular weight is 422 g/mol. The summed E-state index contributed by atoms with van der Waals surface area (Å²) < 4.78 is 45.1. The molecule has 0 heterocycles. The van der Waals surface area contributed by atoms with Crippen LogP contribution in [0.1, 0.15) is 20.7 Å². The molecule has 0 amide bonds. The Hall–Kier alpha value is -2.23. The molecule has 0 spiro atoms. The number of hydrogen-bond donors (Lipinski definition) is 0. The van der Waals surface area contributed by atoms with E-state index in [0.717, 1.165) is 0 Å². The molecule has 3 aromatic rings. The number of carbonyl (C=O) groups is 2. The zero-order valence-electron chi connectivity index (χ0n) is 16.0. The van der Waals surface area contributed by atoms with E-state index in [2.05, 4.69) is 0 Å². The average Bonchev–Trinajstić information content (AvgIpc) is 2.70. The van der Waals surface area contributed by atoms with Crippen molar-refractivity contribution in [3.05, 3.63) is 65.7 Å². The topological polar surface area (TPSA) is 110 Å². The Kier molecular flexibility index (Phi) is 7.20. The van der Waals surface area contributed by atoms with Crippen LogP contribution in [0.25, 0.3) is 21.9 Å². The summed E-state index contributed by atoms with van der Waals surface area (Å²) in [5.74, 6) is -1.45. The van der Waals surface area contributed by atoms with E-state index in [1.165, 1.54) is 44.6 Å². The monoisotopic (exact) mass is 422 g/mol. The maximum Gasteiger partial charge on any atom is 1.00 e. The third-order valence-corrected chi connectivity index (χ3v) is 5.10. The second kappa shape index (κ2) is 9.06. The smallest absolute Gasteiger partial charge is 0.744 e. The van der Waals surface area contributed by atoms with E-state index in [1.807, 2.05) is 0 Å². The predicted octanol–water partition coefficient (Wildman–Crippen LogP) is -0.0119. The number of esters is 2. The molecule has 0 aromatic heterocycles. The number of rotatable bonds is 4. The zero-order valence-corrected chi connectivity index (χ0v) is 18.8. The number of methoxy groups -OCH3 is 2. The van der Waals surface area contributed by atoms with Crippen molar-refractivity contribution in [3.63, 3.8) is 0 Å². The molecule has 0 aliphatic rings. The summed E-state index contributed by atoms with van der Waals surface area (Å²) in [4.78, 5) is 23.6. The third-order valence-electron chi connectivity index (χ3n) is 4.22. The predicted molar refractivity (Wildman–Crippen MR) is 100 cm³/mol. The molecule has 7 nitrogen and oxygen atoms in total. The van der Waals surface area contributed by atoms with Gasteiger partial charge in [0.25, 0.3) is 0 Å². The number of fused-ring (bicyclic) bond motifs is 1. The van der Waals surface area contributed by atoms with Crippen molar-refractivity contribution >= 4 is 32.8 Å². The summed E-state index contributed by atoms with van der Waals surface area (Å²) in [6.45, 7) is 0. The number of carbonyl (C=O) groups excluding carboxylic acids is 2. The van der Waals surface area contributed by atoms with Gasteiger partial charge in [0, 0.05) is 5.56 Å². The van der Waals surface area contributed by atoms with Gasteiger partial charge >= 0.3 is 41.5 Å². The molecule has 0 bridgehead atoms. The molecule has 29 heavy (non-hydrogen) atoms. The standard InChI is InChI=1S/C20H16O7S.Na/c1-26-19(21)14-9-13(10-15(11-14)20(22)27-2)18-16-6-4-3-5-12(16)7-8-17(18)28(23,24)25;/h3-11H,1-2H3,(H,23,24,25);/q;+1/p-1. The molecule has 3 rings (SSSR count). The van der Waals surface area contributed by atoms with Crippen LogP contribution >= 0.6 is 0 Å². The van der Waals surface area contributed by atoms with Gasteiger partial charge < -0.3 is 14.0 Å². The second-order valence-corrected chi connectivity index (χ2v) is 7.24. The Morgan fingerprint density at radius 2 is 1.41 bits per heavy atom. The molecule has 0 atom stereocenters. The van der Waals surface area contributed by atoms with Crippen LogP contribution in [0.5, 0.6) is 0 Å². The largest absolute Gasteiger partial charge is 1.00 e. The normalized spacial score (nSPS) is 10.9. The van der Waals surface area contributed by atoms with Gasteiger partial charge in [-0.15, -0.1) is 0 Å². The van der Waals surface area contributed by atoms with Crippen LogP contribution < -0.4 is 29.6 Å². The number of benzene rings is 3. The van der Waals surface area contributed by atoms with Crippen LogP contribution in [0.15, 0.2) is 59.5 Å². The van der Waals surface area contributed by atoms with Gasteiger partial charge in [0.1, 0.15) is 10.1 Å². The molecule has 0 fully saturated rings. The number of hydrogen-bond acceptors (Lipinski definition) is 7. The molecular formula is C20H15NaO7S. The van der Waals surface area contributed by atoms with E-state index in [0.29, 0.717) is 10.8 Å². The van der Waals surface area contributed by atoms with Crippen molar-refractivity contribution in [3.8, 4) is 11.1 Å². The van der Waals surface area contributed by atoms with Crippen LogP contribution in [-0.2, 0) is 19.6 Å². The minimum absolute atomic E-state index is 0. The van der Waals surface area contributed by atoms with Crippen molar-refractivity contribution in [2.75, 3.05) is 14.2 Å². The van der Waals surface area contributed by atoms with Crippen molar-refractivity contribution in [1.82, 2.24) is 0 Å². The molecule has 0 unspecified atom stereocenters. The van der Waals surface area contributed by atoms with E-state index in [-0.39, 0.29) is 51.8 Å². The minimum atomic E-state index is -4.83. The molecule has 0 N–H and O–H groups in total. The van der Waals surface area contributed by atoms with E-state index >= 15 is 0 Å². The Balaban J connectivity index is 0.00000300. The molecular weight excluding hydrogens is 407 g/mol. The summed E-state index contributed by atoms with van der Waals surface area (Å²) in [5.41, 5.74) is 0.337. The molecule has 0 radical (unpaired) electrons. The minimum Gasteiger partial charge on any atom is -0.744 e. The molecule has 0 saturated carbocycles. The summed E-state index contributed by atoms with van der Waals surface area (Å²) in [7, 11) is -2.48. The fraction of sp³-hybridized carbons (Fsp3) is 0.100. The quantitative estimate of drug-likeness (QED) is 0.330. The van der Waals surface area contributed by atoms with Gasteiger partial charge in [-0.1, -0.05) is 30.3 Å². The maximum absolute atomic E-state index is 12.1. The zero-order chi connectivity index (χ0) is 20.5. The SMILES string of the molecule is COC(=O)c1cc(C(=O)OC)cc(-c2c(S(=O)(=O)[O-])ccc3ccccc23)c1.[Na+]. The molecule has 9 heteroatoms. The third kappa shape index (κ3) is 4.68. The van der Waals surface area contributed by atoms with E-state index < -0.39 is 27.0 Å². The van der Waals surface area contributed by atoms with Gasteiger partial charge in [-0.05, 0) is 40.6 Å². The Morgan fingerprint density at radius 3 is 1.93 bits per heavy atom. The Bertz CT molecular complexity index is 1170. The first-order valence-corrected chi connectivity index (χ1v) is 9.47. The van der Waals surface area contributed by atoms with Gasteiger partial charge in [0.2, 0.25) is 0 Å². The Morgan fingerprint density at radius 1 is 0.862 bits per heavy atom. The van der Waals surface area contributed by atoms with Crippen molar-refractivity contribution in [1.29, 1.82) is 0 Å². The fourth-order valence-corrected chi connectivity index (χ4v) is 3.71.